The minimum Gasteiger partial charge on any atom is -0.352 e. The Morgan fingerprint density at radius 3 is 2.43 bits per heavy atom. The minimum atomic E-state index is -0.161. The Morgan fingerprint density at radius 2 is 2.00 bits per heavy atom. The molecule has 4 nitrogen and oxygen atoms in total. The molecule has 14 heavy (non-hydrogen) atoms. The summed E-state index contributed by atoms with van der Waals surface area (Å²) >= 11 is 0. The molecule has 4 heteroatoms. The molecule has 0 aliphatic heterocycles. The summed E-state index contributed by atoms with van der Waals surface area (Å²) in [7, 11) is 1.60. The van der Waals surface area contributed by atoms with Crippen molar-refractivity contribution in [2.24, 2.45) is 0 Å². The molecule has 0 rings (SSSR count). The number of likely N-dealkylation sites (N-methyl/N-ethyl adjacent to an activating group) is 1. The van der Waals surface area contributed by atoms with E-state index in [2.05, 4.69) is 5.32 Å². The summed E-state index contributed by atoms with van der Waals surface area (Å²) in [5.41, 5.74) is 0. The second-order valence-corrected chi connectivity index (χ2v) is 3.42. The van der Waals surface area contributed by atoms with E-state index in [4.69, 9.17) is 0 Å². The minimum absolute atomic E-state index is 0.0986. The van der Waals surface area contributed by atoms with Gasteiger partial charge in [0, 0.05) is 13.1 Å². The van der Waals surface area contributed by atoms with Crippen LogP contribution in [0.1, 0.15) is 20.8 Å². The van der Waals surface area contributed by atoms with Crippen LogP contribution in [0.4, 0.5) is 0 Å². The summed E-state index contributed by atoms with van der Waals surface area (Å²) in [6.07, 6.45) is 3.09. The van der Waals surface area contributed by atoms with Crippen LogP contribution in [-0.2, 0) is 9.59 Å². The Morgan fingerprint density at radius 1 is 1.43 bits per heavy atom. The summed E-state index contributed by atoms with van der Waals surface area (Å²) in [4.78, 5) is 23.8. The summed E-state index contributed by atoms with van der Waals surface area (Å²) in [5.74, 6) is -0.299. The number of carbonyl (C=O) groups is 2. The molecule has 0 heterocycles. The molecule has 0 aliphatic rings. The van der Waals surface area contributed by atoms with Gasteiger partial charge >= 0.3 is 0 Å². The largest absolute Gasteiger partial charge is 0.352 e. The Balaban J connectivity index is 3.99. The maximum Gasteiger partial charge on any atom is 0.246 e. The molecule has 0 aromatic carbocycles. The zero-order valence-electron chi connectivity index (χ0n) is 9.20. The molecule has 0 saturated heterocycles. The maximum atomic E-state index is 11.2. The van der Waals surface area contributed by atoms with Crippen LogP contribution in [0.5, 0.6) is 0 Å². The molecular weight excluding hydrogens is 180 g/mol. The standard InChI is InChI=1S/C10H18N2O2/c1-5-6-10(14)12(4)7-9(13)11-8(2)3/h5-6,8H,7H2,1-4H3,(H,11,13). The van der Waals surface area contributed by atoms with Crippen molar-refractivity contribution in [2.75, 3.05) is 13.6 Å². The van der Waals surface area contributed by atoms with Crippen molar-refractivity contribution in [2.45, 2.75) is 26.8 Å². The Bertz CT molecular complexity index is 234. The average Bonchev–Trinajstić information content (AvgIpc) is 2.02. The average molecular weight is 198 g/mol. The molecule has 0 aromatic rings. The van der Waals surface area contributed by atoms with Gasteiger partial charge < -0.3 is 10.2 Å². The van der Waals surface area contributed by atoms with Crippen molar-refractivity contribution < 1.29 is 9.59 Å². The third-order valence-electron chi connectivity index (χ3n) is 1.52. The molecule has 80 valence electrons. The third kappa shape index (κ3) is 5.35. The molecule has 1 N–H and O–H groups in total. The first kappa shape index (κ1) is 12.7. The van der Waals surface area contributed by atoms with E-state index in [1.165, 1.54) is 11.0 Å². The second kappa shape index (κ2) is 6.18. The van der Waals surface area contributed by atoms with Crippen LogP contribution in [0, 0.1) is 0 Å². The molecule has 0 atom stereocenters. The van der Waals surface area contributed by atoms with E-state index in [1.807, 2.05) is 13.8 Å². The SMILES string of the molecule is CC=CC(=O)N(C)CC(=O)NC(C)C. The van der Waals surface area contributed by atoms with Gasteiger partial charge in [-0.3, -0.25) is 9.59 Å². The lowest BCUT2D eigenvalue weighted by Crippen LogP contribution is -2.40. The molecule has 0 saturated carbocycles. The van der Waals surface area contributed by atoms with Crippen LogP contribution in [0.3, 0.4) is 0 Å². The van der Waals surface area contributed by atoms with E-state index in [0.29, 0.717) is 0 Å². The van der Waals surface area contributed by atoms with Crippen molar-refractivity contribution in [1.29, 1.82) is 0 Å². The smallest absolute Gasteiger partial charge is 0.246 e. The van der Waals surface area contributed by atoms with Crippen LogP contribution >= 0.6 is 0 Å². The Hall–Kier alpha value is -1.32. The van der Waals surface area contributed by atoms with E-state index < -0.39 is 0 Å². The van der Waals surface area contributed by atoms with Gasteiger partial charge in [0.2, 0.25) is 11.8 Å². The van der Waals surface area contributed by atoms with Gasteiger partial charge in [-0.2, -0.15) is 0 Å². The van der Waals surface area contributed by atoms with Crippen molar-refractivity contribution >= 4 is 11.8 Å². The number of nitrogens with zero attached hydrogens (tertiary/aromatic N) is 1. The molecule has 0 radical (unpaired) electrons. The Kier molecular flexibility index (Phi) is 5.60. The lowest BCUT2D eigenvalue weighted by Gasteiger charge is -2.15. The molecule has 0 aromatic heterocycles. The van der Waals surface area contributed by atoms with Crippen molar-refractivity contribution in [1.82, 2.24) is 10.2 Å². The number of hydrogen-bond acceptors (Lipinski definition) is 2. The van der Waals surface area contributed by atoms with Crippen LogP contribution < -0.4 is 5.32 Å². The first-order valence-electron chi connectivity index (χ1n) is 4.64. The second-order valence-electron chi connectivity index (χ2n) is 3.42. The predicted molar refractivity (Wildman–Crippen MR) is 55.7 cm³/mol. The highest BCUT2D eigenvalue weighted by molar-refractivity contribution is 5.91. The quantitative estimate of drug-likeness (QED) is 0.670. The van der Waals surface area contributed by atoms with Gasteiger partial charge in [-0.05, 0) is 26.8 Å². The van der Waals surface area contributed by atoms with Crippen molar-refractivity contribution in [3.05, 3.63) is 12.2 Å². The monoisotopic (exact) mass is 198 g/mol. The highest BCUT2D eigenvalue weighted by Gasteiger charge is 2.10. The van der Waals surface area contributed by atoms with Crippen molar-refractivity contribution in [3.8, 4) is 0 Å². The van der Waals surface area contributed by atoms with Crippen LogP contribution in [0.25, 0.3) is 0 Å². The van der Waals surface area contributed by atoms with E-state index in [0.717, 1.165) is 0 Å². The fourth-order valence-corrected chi connectivity index (χ4v) is 0.931. The van der Waals surface area contributed by atoms with Gasteiger partial charge in [0.1, 0.15) is 0 Å². The third-order valence-corrected chi connectivity index (χ3v) is 1.52. The zero-order valence-corrected chi connectivity index (χ0v) is 9.20. The maximum absolute atomic E-state index is 11.2. The molecule has 0 fully saturated rings. The predicted octanol–water partition coefficient (Wildman–Crippen LogP) is 0.545. The number of allylic oxidation sites excluding steroid dienone is 1. The number of carbonyl (C=O) groups excluding carboxylic acids is 2. The highest BCUT2D eigenvalue weighted by atomic mass is 16.2. The number of nitrogens with one attached hydrogen (secondary N) is 1. The van der Waals surface area contributed by atoms with Crippen molar-refractivity contribution in [3.63, 3.8) is 0 Å². The normalized spacial score (nSPS) is 10.6. The van der Waals surface area contributed by atoms with Gasteiger partial charge in [-0.25, -0.2) is 0 Å². The molecule has 0 unspecified atom stereocenters. The molecule has 0 spiro atoms. The van der Waals surface area contributed by atoms with Gasteiger partial charge in [0.25, 0.3) is 0 Å². The van der Waals surface area contributed by atoms with Gasteiger partial charge in [0.15, 0.2) is 0 Å². The zero-order chi connectivity index (χ0) is 11.1. The molecular formula is C10H18N2O2. The van der Waals surface area contributed by atoms with Crippen LogP contribution in [0.2, 0.25) is 0 Å². The lowest BCUT2D eigenvalue weighted by atomic mass is 10.3. The fourth-order valence-electron chi connectivity index (χ4n) is 0.931. The van der Waals surface area contributed by atoms with E-state index in [9.17, 15) is 9.59 Å². The van der Waals surface area contributed by atoms with E-state index in [-0.39, 0.29) is 24.4 Å². The van der Waals surface area contributed by atoms with E-state index >= 15 is 0 Å². The highest BCUT2D eigenvalue weighted by Crippen LogP contribution is 1.87. The Labute approximate surface area is 85.0 Å². The van der Waals surface area contributed by atoms with Gasteiger partial charge in [-0.15, -0.1) is 0 Å². The van der Waals surface area contributed by atoms with Crippen LogP contribution in [-0.4, -0.2) is 36.3 Å². The van der Waals surface area contributed by atoms with Gasteiger partial charge in [-0.1, -0.05) is 6.08 Å². The van der Waals surface area contributed by atoms with E-state index in [1.54, 1.807) is 20.0 Å². The lowest BCUT2D eigenvalue weighted by molar-refractivity contribution is -0.131. The molecule has 0 aliphatic carbocycles. The molecule has 0 bridgehead atoms. The number of rotatable bonds is 4. The summed E-state index contributed by atoms with van der Waals surface area (Å²) in [5, 5.41) is 2.71. The number of amides is 2. The fraction of sp³-hybridized carbons (Fsp3) is 0.600. The molecule has 2 amide bonds. The topological polar surface area (TPSA) is 49.4 Å². The van der Waals surface area contributed by atoms with Gasteiger partial charge in [0.05, 0.1) is 6.54 Å². The first-order chi connectivity index (χ1) is 6.47. The summed E-state index contributed by atoms with van der Waals surface area (Å²) in [6, 6.07) is 0.104. The summed E-state index contributed by atoms with van der Waals surface area (Å²) in [6.45, 7) is 5.62. The summed E-state index contributed by atoms with van der Waals surface area (Å²) < 4.78 is 0. The first-order valence-corrected chi connectivity index (χ1v) is 4.64. The van der Waals surface area contributed by atoms with Crippen LogP contribution in [0.15, 0.2) is 12.2 Å². The number of hydrogen-bond donors (Lipinski definition) is 1.